The van der Waals surface area contributed by atoms with Crippen LogP contribution in [0, 0.1) is 0 Å². The van der Waals surface area contributed by atoms with E-state index in [-0.39, 0.29) is 6.10 Å². The number of pyridine rings is 1. The van der Waals surface area contributed by atoms with Crippen LogP contribution in [0.5, 0.6) is 5.75 Å². The predicted molar refractivity (Wildman–Crippen MR) is 94.0 cm³/mol. The van der Waals surface area contributed by atoms with Gasteiger partial charge in [0.25, 0.3) is 0 Å². The van der Waals surface area contributed by atoms with Gasteiger partial charge in [0.15, 0.2) is 0 Å². The normalized spacial score (nSPS) is 15.2. The van der Waals surface area contributed by atoms with Crippen molar-refractivity contribution in [2.45, 2.75) is 38.3 Å². The number of imidazole rings is 1. The minimum atomic E-state index is 0.0597. The Labute approximate surface area is 142 Å². The number of rotatable bonds is 6. The van der Waals surface area contributed by atoms with Crippen molar-refractivity contribution in [1.29, 1.82) is 0 Å². The molecule has 1 atom stereocenters. The lowest BCUT2D eigenvalue weighted by Gasteiger charge is -2.17. The van der Waals surface area contributed by atoms with Gasteiger partial charge in [0.1, 0.15) is 11.9 Å². The first-order chi connectivity index (χ1) is 11.8. The quantitative estimate of drug-likeness (QED) is 0.680. The number of hydrogen-bond donors (Lipinski definition) is 0. The van der Waals surface area contributed by atoms with Crippen LogP contribution in [-0.4, -0.2) is 20.6 Å². The van der Waals surface area contributed by atoms with E-state index in [2.05, 4.69) is 40.7 Å². The summed E-state index contributed by atoms with van der Waals surface area (Å²) in [7, 11) is 0. The SMILES string of the molecule is CC(Cn1cnc(-c2ccccc2)c1C1CC1)Oc1cccnc1. The number of hydrogen-bond acceptors (Lipinski definition) is 3. The highest BCUT2D eigenvalue weighted by molar-refractivity contribution is 5.63. The Morgan fingerprint density at radius 1 is 1.17 bits per heavy atom. The van der Waals surface area contributed by atoms with Crippen LogP contribution in [-0.2, 0) is 6.54 Å². The third kappa shape index (κ3) is 3.18. The molecule has 1 fully saturated rings. The monoisotopic (exact) mass is 319 g/mol. The molecule has 122 valence electrons. The van der Waals surface area contributed by atoms with Crippen LogP contribution in [0.15, 0.2) is 61.2 Å². The first-order valence-corrected chi connectivity index (χ1v) is 8.48. The predicted octanol–water partition coefficient (Wildman–Crippen LogP) is 4.29. The highest BCUT2D eigenvalue weighted by atomic mass is 16.5. The molecule has 3 aromatic rings. The van der Waals surface area contributed by atoms with Gasteiger partial charge in [-0.05, 0) is 31.9 Å². The molecule has 1 aromatic carbocycles. The highest BCUT2D eigenvalue weighted by Crippen LogP contribution is 2.44. The summed E-state index contributed by atoms with van der Waals surface area (Å²) in [6.45, 7) is 2.88. The zero-order valence-electron chi connectivity index (χ0n) is 13.8. The van der Waals surface area contributed by atoms with Crippen LogP contribution in [0.3, 0.4) is 0 Å². The molecule has 0 N–H and O–H groups in total. The van der Waals surface area contributed by atoms with Crippen LogP contribution in [0.4, 0.5) is 0 Å². The Bertz CT molecular complexity index is 794. The smallest absolute Gasteiger partial charge is 0.138 e. The van der Waals surface area contributed by atoms with Crippen LogP contribution in [0.25, 0.3) is 11.3 Å². The van der Waals surface area contributed by atoms with Crippen molar-refractivity contribution in [3.8, 4) is 17.0 Å². The van der Waals surface area contributed by atoms with Crippen molar-refractivity contribution < 1.29 is 4.74 Å². The van der Waals surface area contributed by atoms with Gasteiger partial charge in [0, 0.05) is 23.4 Å². The van der Waals surface area contributed by atoms with Crippen molar-refractivity contribution in [3.63, 3.8) is 0 Å². The van der Waals surface area contributed by atoms with Crippen LogP contribution in [0.2, 0.25) is 0 Å². The number of benzene rings is 1. The summed E-state index contributed by atoms with van der Waals surface area (Å²) in [5.41, 5.74) is 3.66. The minimum absolute atomic E-state index is 0.0597. The van der Waals surface area contributed by atoms with Gasteiger partial charge in [-0.3, -0.25) is 4.98 Å². The Hall–Kier alpha value is -2.62. The van der Waals surface area contributed by atoms with Crippen molar-refractivity contribution in [1.82, 2.24) is 14.5 Å². The fourth-order valence-corrected chi connectivity index (χ4v) is 3.10. The summed E-state index contributed by atoms with van der Waals surface area (Å²) in [6, 6.07) is 14.3. The molecule has 0 amide bonds. The molecule has 0 aliphatic heterocycles. The number of aromatic nitrogens is 3. The van der Waals surface area contributed by atoms with Gasteiger partial charge in [-0.1, -0.05) is 30.3 Å². The Morgan fingerprint density at radius 3 is 2.71 bits per heavy atom. The third-order valence-corrected chi connectivity index (χ3v) is 4.32. The number of nitrogens with zero attached hydrogens (tertiary/aromatic N) is 3. The molecule has 1 aliphatic rings. The highest BCUT2D eigenvalue weighted by Gasteiger charge is 2.31. The Balaban J connectivity index is 1.56. The second kappa shape index (κ2) is 6.48. The maximum Gasteiger partial charge on any atom is 0.138 e. The molecule has 0 saturated heterocycles. The van der Waals surface area contributed by atoms with Crippen LogP contribution in [0.1, 0.15) is 31.4 Å². The summed E-state index contributed by atoms with van der Waals surface area (Å²) in [4.78, 5) is 8.80. The van der Waals surface area contributed by atoms with E-state index in [1.807, 2.05) is 24.5 Å². The molecule has 24 heavy (non-hydrogen) atoms. The van der Waals surface area contributed by atoms with E-state index in [4.69, 9.17) is 9.72 Å². The maximum absolute atomic E-state index is 5.98. The lowest BCUT2D eigenvalue weighted by atomic mass is 10.1. The summed E-state index contributed by atoms with van der Waals surface area (Å²) >= 11 is 0. The van der Waals surface area contributed by atoms with Gasteiger partial charge >= 0.3 is 0 Å². The molecule has 4 heteroatoms. The van der Waals surface area contributed by atoms with Crippen LogP contribution >= 0.6 is 0 Å². The summed E-state index contributed by atoms with van der Waals surface area (Å²) < 4.78 is 8.24. The summed E-state index contributed by atoms with van der Waals surface area (Å²) in [6.07, 6.45) is 8.03. The topological polar surface area (TPSA) is 39.9 Å². The second-order valence-electron chi connectivity index (χ2n) is 6.39. The van der Waals surface area contributed by atoms with Crippen molar-refractivity contribution in [3.05, 3.63) is 66.9 Å². The average molecular weight is 319 g/mol. The molecule has 4 nitrogen and oxygen atoms in total. The molecule has 4 rings (SSSR count). The van der Waals surface area contributed by atoms with Crippen molar-refractivity contribution in [2.75, 3.05) is 0 Å². The average Bonchev–Trinajstić information content (AvgIpc) is 3.37. The molecule has 0 radical (unpaired) electrons. The molecule has 2 aromatic heterocycles. The van der Waals surface area contributed by atoms with E-state index < -0.39 is 0 Å². The third-order valence-electron chi connectivity index (χ3n) is 4.32. The molecule has 0 bridgehead atoms. The zero-order valence-corrected chi connectivity index (χ0v) is 13.8. The van der Waals surface area contributed by atoms with Crippen molar-refractivity contribution in [2.24, 2.45) is 0 Å². The lowest BCUT2D eigenvalue weighted by molar-refractivity contribution is 0.197. The lowest BCUT2D eigenvalue weighted by Crippen LogP contribution is -2.20. The van der Waals surface area contributed by atoms with Gasteiger partial charge < -0.3 is 9.30 Å². The van der Waals surface area contributed by atoms with E-state index in [9.17, 15) is 0 Å². The molecule has 1 aliphatic carbocycles. The zero-order chi connectivity index (χ0) is 16.4. The van der Waals surface area contributed by atoms with E-state index in [1.54, 1.807) is 12.4 Å². The maximum atomic E-state index is 5.98. The van der Waals surface area contributed by atoms with Gasteiger partial charge in [-0.25, -0.2) is 4.98 Å². The first-order valence-electron chi connectivity index (χ1n) is 8.48. The summed E-state index contributed by atoms with van der Waals surface area (Å²) in [5.74, 6) is 1.44. The molecule has 0 spiro atoms. The fraction of sp³-hybridized carbons (Fsp3) is 0.300. The first kappa shape index (κ1) is 14.9. The minimum Gasteiger partial charge on any atom is -0.487 e. The molecular formula is C20H21N3O. The fourth-order valence-electron chi connectivity index (χ4n) is 3.10. The van der Waals surface area contributed by atoms with Gasteiger partial charge in [0.2, 0.25) is 0 Å². The molecule has 2 heterocycles. The molecular weight excluding hydrogens is 298 g/mol. The van der Waals surface area contributed by atoms with Crippen molar-refractivity contribution >= 4 is 0 Å². The Kier molecular flexibility index (Phi) is 4.03. The largest absolute Gasteiger partial charge is 0.487 e. The van der Waals surface area contributed by atoms with E-state index in [1.165, 1.54) is 24.1 Å². The second-order valence-corrected chi connectivity index (χ2v) is 6.39. The standard InChI is InChI=1S/C20H21N3O/c1-15(24-18-8-5-11-21-12-18)13-23-14-22-19(20(23)17-9-10-17)16-6-3-2-4-7-16/h2-8,11-12,14-15,17H,9-10,13H2,1H3. The molecule has 1 unspecified atom stereocenters. The van der Waals surface area contributed by atoms with E-state index >= 15 is 0 Å². The van der Waals surface area contributed by atoms with E-state index in [0.717, 1.165) is 18.0 Å². The van der Waals surface area contributed by atoms with Crippen LogP contribution < -0.4 is 4.74 Å². The Morgan fingerprint density at radius 2 is 2.00 bits per heavy atom. The van der Waals surface area contributed by atoms with Gasteiger partial charge in [0.05, 0.1) is 24.8 Å². The van der Waals surface area contributed by atoms with Gasteiger partial charge in [-0.15, -0.1) is 0 Å². The van der Waals surface area contributed by atoms with E-state index in [0.29, 0.717) is 5.92 Å². The van der Waals surface area contributed by atoms with Gasteiger partial charge in [-0.2, -0.15) is 0 Å². The number of ether oxygens (including phenoxy) is 1. The summed E-state index contributed by atoms with van der Waals surface area (Å²) in [5, 5.41) is 0. The molecule has 1 saturated carbocycles.